The summed E-state index contributed by atoms with van der Waals surface area (Å²) in [6.45, 7) is 1.85. The average molecular weight is 398 g/mol. The molecule has 0 unspecified atom stereocenters. The van der Waals surface area contributed by atoms with E-state index in [4.69, 9.17) is 9.15 Å². The maximum Gasteiger partial charge on any atom is 0.311 e. The molecule has 4 rings (SSSR count). The van der Waals surface area contributed by atoms with Gasteiger partial charge in [-0.2, -0.15) is 0 Å². The number of esters is 1. The highest BCUT2D eigenvalue weighted by Gasteiger charge is 2.39. The van der Waals surface area contributed by atoms with E-state index in [0.29, 0.717) is 12.3 Å². The van der Waals surface area contributed by atoms with Gasteiger partial charge in [0.15, 0.2) is 6.61 Å². The molecular formula is C22H26N2O5. The van der Waals surface area contributed by atoms with Gasteiger partial charge >= 0.3 is 5.97 Å². The zero-order valence-corrected chi connectivity index (χ0v) is 16.6. The number of para-hydroxylation sites is 1. The first-order valence-electron chi connectivity index (χ1n) is 10.2. The lowest BCUT2D eigenvalue weighted by Crippen LogP contribution is -2.35. The highest BCUT2D eigenvalue weighted by atomic mass is 16.5. The highest BCUT2D eigenvalue weighted by Crippen LogP contribution is 2.30. The Morgan fingerprint density at radius 3 is 2.79 bits per heavy atom. The normalized spacial score (nSPS) is 20.9. The van der Waals surface area contributed by atoms with Crippen molar-refractivity contribution in [3.05, 3.63) is 36.1 Å². The molecule has 2 amide bonds. The van der Waals surface area contributed by atoms with Crippen molar-refractivity contribution in [1.82, 2.24) is 10.2 Å². The summed E-state index contributed by atoms with van der Waals surface area (Å²) in [5.41, 5.74) is 0.757. The molecule has 1 aliphatic carbocycles. The molecule has 1 aromatic carbocycles. The standard InChI is InChI=1S/C22H26N2O5/c1-14(19-10-15-6-2-5-9-18(15)29-19)23-20(25)13-28-22(27)16-11-21(26)24(12-16)17-7-3-4-8-17/h2,5-6,9-10,14,16-17H,3-4,7-8,11-13H2,1H3,(H,23,25)/t14-,16+/m1/s1. The summed E-state index contributed by atoms with van der Waals surface area (Å²) >= 11 is 0. The average Bonchev–Trinajstić information content (AvgIpc) is 3.44. The van der Waals surface area contributed by atoms with E-state index < -0.39 is 17.8 Å². The highest BCUT2D eigenvalue weighted by molar-refractivity contribution is 5.88. The number of nitrogens with one attached hydrogen (secondary N) is 1. The third kappa shape index (κ3) is 4.28. The number of hydrogen-bond acceptors (Lipinski definition) is 5. The van der Waals surface area contributed by atoms with Crippen LogP contribution < -0.4 is 5.32 Å². The fraction of sp³-hybridized carbons (Fsp3) is 0.500. The van der Waals surface area contributed by atoms with Crippen LogP contribution in [-0.4, -0.2) is 41.9 Å². The molecule has 154 valence electrons. The second-order valence-corrected chi connectivity index (χ2v) is 7.97. The summed E-state index contributed by atoms with van der Waals surface area (Å²) in [4.78, 5) is 38.6. The molecule has 1 N–H and O–H groups in total. The molecule has 2 aromatic rings. The van der Waals surface area contributed by atoms with Crippen molar-refractivity contribution in [3.8, 4) is 0 Å². The van der Waals surface area contributed by atoms with Crippen LogP contribution in [0.25, 0.3) is 11.0 Å². The molecule has 0 radical (unpaired) electrons. The topological polar surface area (TPSA) is 88.8 Å². The van der Waals surface area contributed by atoms with Gasteiger partial charge in [-0.25, -0.2) is 0 Å². The SMILES string of the molecule is C[C@@H](NC(=O)COC(=O)[C@H]1CC(=O)N(C2CCCC2)C1)c1cc2ccccc2o1. The van der Waals surface area contributed by atoms with Crippen LogP contribution in [-0.2, 0) is 19.1 Å². The number of hydrogen-bond donors (Lipinski definition) is 1. The summed E-state index contributed by atoms with van der Waals surface area (Å²) in [6, 6.07) is 9.41. The van der Waals surface area contributed by atoms with Crippen LogP contribution in [0.5, 0.6) is 0 Å². The summed E-state index contributed by atoms with van der Waals surface area (Å²) in [5.74, 6) is -0.710. The minimum atomic E-state index is -0.483. The van der Waals surface area contributed by atoms with Crippen LogP contribution in [0.4, 0.5) is 0 Å². The number of carbonyl (C=O) groups is 3. The maximum atomic E-state index is 12.3. The van der Waals surface area contributed by atoms with E-state index in [9.17, 15) is 14.4 Å². The quantitative estimate of drug-likeness (QED) is 0.756. The van der Waals surface area contributed by atoms with Gasteiger partial charge in [-0.1, -0.05) is 31.0 Å². The van der Waals surface area contributed by atoms with Gasteiger partial charge < -0.3 is 19.4 Å². The number of rotatable bonds is 6. The number of furan rings is 1. The zero-order valence-electron chi connectivity index (χ0n) is 16.6. The molecule has 29 heavy (non-hydrogen) atoms. The predicted molar refractivity (Wildman–Crippen MR) is 106 cm³/mol. The van der Waals surface area contributed by atoms with Crippen molar-refractivity contribution >= 4 is 28.8 Å². The molecule has 7 heteroatoms. The van der Waals surface area contributed by atoms with Crippen molar-refractivity contribution in [2.75, 3.05) is 13.2 Å². The van der Waals surface area contributed by atoms with E-state index in [1.807, 2.05) is 42.2 Å². The Kier molecular flexibility index (Phi) is 5.56. The van der Waals surface area contributed by atoms with E-state index in [0.717, 1.165) is 36.7 Å². The van der Waals surface area contributed by atoms with Gasteiger partial charge in [0.2, 0.25) is 5.91 Å². The lowest BCUT2D eigenvalue weighted by Gasteiger charge is -2.23. The predicted octanol–water partition coefficient (Wildman–Crippen LogP) is 2.94. The van der Waals surface area contributed by atoms with E-state index in [1.54, 1.807) is 0 Å². The largest absolute Gasteiger partial charge is 0.459 e. The van der Waals surface area contributed by atoms with Crippen molar-refractivity contribution in [2.45, 2.75) is 51.1 Å². The Morgan fingerprint density at radius 1 is 1.28 bits per heavy atom. The van der Waals surface area contributed by atoms with E-state index in [1.165, 1.54) is 0 Å². The molecule has 2 heterocycles. The van der Waals surface area contributed by atoms with Gasteiger partial charge in [-0.3, -0.25) is 14.4 Å². The first-order valence-corrected chi connectivity index (χ1v) is 10.2. The van der Waals surface area contributed by atoms with Gasteiger partial charge in [-0.15, -0.1) is 0 Å². The van der Waals surface area contributed by atoms with Crippen molar-refractivity contribution in [1.29, 1.82) is 0 Å². The maximum absolute atomic E-state index is 12.3. The van der Waals surface area contributed by atoms with Crippen LogP contribution in [0.15, 0.2) is 34.7 Å². The summed E-state index contributed by atoms with van der Waals surface area (Å²) in [7, 11) is 0. The lowest BCUT2D eigenvalue weighted by atomic mass is 10.1. The van der Waals surface area contributed by atoms with Gasteiger partial charge in [0.05, 0.1) is 12.0 Å². The molecule has 1 aliphatic heterocycles. The number of carbonyl (C=O) groups excluding carboxylic acids is 3. The molecule has 0 spiro atoms. The van der Waals surface area contributed by atoms with E-state index in [2.05, 4.69) is 5.32 Å². The zero-order chi connectivity index (χ0) is 20.4. The van der Waals surface area contributed by atoms with Gasteiger partial charge in [0.25, 0.3) is 5.91 Å². The van der Waals surface area contributed by atoms with Gasteiger partial charge in [-0.05, 0) is 31.9 Å². The first kappa shape index (κ1) is 19.5. The van der Waals surface area contributed by atoms with Gasteiger partial charge in [0, 0.05) is 24.4 Å². The monoisotopic (exact) mass is 398 g/mol. The number of benzene rings is 1. The molecule has 7 nitrogen and oxygen atoms in total. The number of likely N-dealkylation sites (tertiary alicyclic amines) is 1. The fourth-order valence-corrected chi connectivity index (χ4v) is 4.28. The molecule has 2 aliphatic rings. The van der Waals surface area contributed by atoms with Crippen molar-refractivity contribution < 1.29 is 23.5 Å². The lowest BCUT2D eigenvalue weighted by molar-refractivity contribution is -0.152. The second-order valence-electron chi connectivity index (χ2n) is 7.97. The van der Waals surface area contributed by atoms with Crippen LogP contribution in [0.2, 0.25) is 0 Å². The molecule has 2 atom stereocenters. The van der Waals surface area contributed by atoms with E-state index in [-0.39, 0.29) is 31.0 Å². The third-order valence-corrected chi connectivity index (χ3v) is 5.85. The number of ether oxygens (including phenoxy) is 1. The molecule has 1 saturated carbocycles. The Bertz CT molecular complexity index is 882. The van der Waals surface area contributed by atoms with Crippen molar-refractivity contribution in [3.63, 3.8) is 0 Å². The molecule has 1 saturated heterocycles. The second kappa shape index (κ2) is 8.27. The van der Waals surface area contributed by atoms with Crippen LogP contribution in [0.1, 0.15) is 50.8 Å². The third-order valence-electron chi connectivity index (χ3n) is 5.85. The Hall–Kier alpha value is -2.83. The number of amides is 2. The molecular weight excluding hydrogens is 372 g/mol. The Morgan fingerprint density at radius 2 is 2.03 bits per heavy atom. The molecule has 2 fully saturated rings. The van der Waals surface area contributed by atoms with Crippen LogP contribution in [0, 0.1) is 5.92 Å². The summed E-state index contributed by atoms with van der Waals surface area (Å²) in [5, 5.41) is 3.74. The Balaban J connectivity index is 1.25. The van der Waals surface area contributed by atoms with Crippen molar-refractivity contribution in [2.24, 2.45) is 5.92 Å². The first-order chi connectivity index (χ1) is 14.0. The number of fused-ring (bicyclic) bond motifs is 1. The summed E-state index contributed by atoms with van der Waals surface area (Å²) in [6.07, 6.45) is 4.46. The minimum absolute atomic E-state index is 0.0156. The Labute approximate surface area is 169 Å². The fourth-order valence-electron chi connectivity index (χ4n) is 4.28. The van der Waals surface area contributed by atoms with Crippen LogP contribution in [0.3, 0.4) is 0 Å². The minimum Gasteiger partial charge on any atom is -0.459 e. The van der Waals surface area contributed by atoms with Crippen LogP contribution >= 0.6 is 0 Å². The smallest absolute Gasteiger partial charge is 0.311 e. The molecule has 0 bridgehead atoms. The van der Waals surface area contributed by atoms with E-state index >= 15 is 0 Å². The number of nitrogens with zero attached hydrogens (tertiary/aromatic N) is 1. The summed E-state index contributed by atoms with van der Waals surface area (Å²) < 4.78 is 10.9. The molecule has 1 aromatic heterocycles. The van der Waals surface area contributed by atoms with Gasteiger partial charge in [0.1, 0.15) is 11.3 Å².